The van der Waals surface area contributed by atoms with Gasteiger partial charge in [-0.05, 0) is 24.8 Å². The number of non-ortho nitro benzene ring substituents is 1. The SMILES string of the molecule is [CH2]C(C=C)c1cc([N+](=O)[O-])ccc1SC. The molecule has 1 aromatic rings. The lowest BCUT2D eigenvalue weighted by Crippen LogP contribution is -1.95. The predicted molar refractivity (Wildman–Crippen MR) is 63.2 cm³/mol. The van der Waals surface area contributed by atoms with Crippen LogP contribution in [0.25, 0.3) is 0 Å². The van der Waals surface area contributed by atoms with E-state index in [4.69, 9.17) is 0 Å². The Balaban J connectivity index is 3.24. The van der Waals surface area contributed by atoms with Crippen molar-refractivity contribution in [2.45, 2.75) is 10.8 Å². The molecule has 3 nitrogen and oxygen atoms in total. The van der Waals surface area contributed by atoms with E-state index < -0.39 is 4.92 Å². The highest BCUT2D eigenvalue weighted by Gasteiger charge is 2.13. The maximum Gasteiger partial charge on any atom is 0.269 e. The van der Waals surface area contributed by atoms with Gasteiger partial charge in [0.25, 0.3) is 5.69 Å². The van der Waals surface area contributed by atoms with E-state index in [-0.39, 0.29) is 11.6 Å². The third-order valence-corrected chi connectivity index (χ3v) is 2.92. The summed E-state index contributed by atoms with van der Waals surface area (Å²) in [6, 6.07) is 4.82. The normalized spacial score (nSPS) is 12.1. The summed E-state index contributed by atoms with van der Waals surface area (Å²) in [6.45, 7) is 7.53. The quantitative estimate of drug-likeness (QED) is 0.339. The van der Waals surface area contributed by atoms with Gasteiger partial charge in [-0.25, -0.2) is 0 Å². The van der Waals surface area contributed by atoms with Crippen LogP contribution in [0.1, 0.15) is 11.5 Å². The van der Waals surface area contributed by atoms with Crippen LogP contribution in [0.15, 0.2) is 35.7 Å². The molecule has 0 fully saturated rings. The van der Waals surface area contributed by atoms with Crippen molar-refractivity contribution in [3.63, 3.8) is 0 Å². The van der Waals surface area contributed by atoms with Crippen LogP contribution in [0.4, 0.5) is 5.69 Å². The van der Waals surface area contributed by atoms with Crippen molar-refractivity contribution < 1.29 is 4.92 Å². The first-order valence-electron chi connectivity index (χ1n) is 4.38. The monoisotopic (exact) mass is 222 g/mol. The van der Waals surface area contributed by atoms with Crippen molar-refractivity contribution in [1.82, 2.24) is 0 Å². The largest absolute Gasteiger partial charge is 0.269 e. The fraction of sp³-hybridized carbons (Fsp3) is 0.182. The fourth-order valence-electron chi connectivity index (χ4n) is 1.25. The molecule has 0 saturated heterocycles. The highest BCUT2D eigenvalue weighted by atomic mass is 32.2. The maximum atomic E-state index is 10.6. The average Bonchev–Trinajstić information content (AvgIpc) is 2.27. The Hall–Kier alpha value is -1.29. The fourth-order valence-corrected chi connectivity index (χ4v) is 1.90. The topological polar surface area (TPSA) is 43.1 Å². The van der Waals surface area contributed by atoms with Crippen LogP contribution in [-0.2, 0) is 0 Å². The van der Waals surface area contributed by atoms with E-state index in [0.29, 0.717) is 0 Å². The summed E-state index contributed by atoms with van der Waals surface area (Å²) in [6.07, 6.45) is 3.61. The van der Waals surface area contributed by atoms with E-state index in [1.807, 2.05) is 6.26 Å². The molecular formula is C11H12NO2S. The van der Waals surface area contributed by atoms with E-state index in [0.717, 1.165) is 10.5 Å². The van der Waals surface area contributed by atoms with E-state index in [1.165, 1.54) is 6.07 Å². The molecule has 0 aliphatic carbocycles. The molecule has 1 radical (unpaired) electrons. The maximum absolute atomic E-state index is 10.6. The number of hydrogen-bond donors (Lipinski definition) is 0. The van der Waals surface area contributed by atoms with Crippen molar-refractivity contribution in [2.24, 2.45) is 0 Å². The van der Waals surface area contributed by atoms with Gasteiger partial charge in [-0.1, -0.05) is 6.08 Å². The molecule has 0 bridgehead atoms. The zero-order valence-electron chi connectivity index (χ0n) is 8.47. The summed E-state index contributed by atoms with van der Waals surface area (Å²) < 4.78 is 0. The van der Waals surface area contributed by atoms with Crippen LogP contribution in [0, 0.1) is 17.0 Å². The molecule has 0 aliphatic rings. The lowest BCUT2D eigenvalue weighted by Gasteiger charge is -2.10. The van der Waals surface area contributed by atoms with Gasteiger partial charge in [0.15, 0.2) is 0 Å². The first-order valence-corrected chi connectivity index (χ1v) is 5.60. The minimum Gasteiger partial charge on any atom is -0.258 e. The summed E-state index contributed by atoms with van der Waals surface area (Å²) in [5.74, 6) is -0.118. The number of hydrogen-bond acceptors (Lipinski definition) is 3. The van der Waals surface area contributed by atoms with Crippen molar-refractivity contribution in [2.75, 3.05) is 6.26 Å². The first kappa shape index (κ1) is 11.8. The Kier molecular flexibility index (Phi) is 3.91. The lowest BCUT2D eigenvalue weighted by atomic mass is 10.0. The second-order valence-electron chi connectivity index (χ2n) is 3.03. The molecule has 1 rings (SSSR count). The average molecular weight is 222 g/mol. The molecule has 4 heteroatoms. The standard InChI is InChI=1S/C11H12NO2S/c1-4-8(2)10-7-9(12(13)14)5-6-11(10)15-3/h4-8H,1-2H2,3H3. The van der Waals surface area contributed by atoms with Crippen LogP contribution in [0.2, 0.25) is 0 Å². The van der Waals surface area contributed by atoms with Crippen molar-refractivity contribution >= 4 is 17.4 Å². The van der Waals surface area contributed by atoms with Gasteiger partial charge in [-0.15, -0.1) is 18.3 Å². The van der Waals surface area contributed by atoms with Crippen LogP contribution in [-0.4, -0.2) is 11.2 Å². The second-order valence-corrected chi connectivity index (χ2v) is 3.87. The smallest absolute Gasteiger partial charge is 0.258 e. The molecule has 0 spiro atoms. The van der Waals surface area contributed by atoms with Gasteiger partial charge in [0.2, 0.25) is 0 Å². The van der Waals surface area contributed by atoms with E-state index in [1.54, 1.807) is 30.0 Å². The molecule has 0 heterocycles. The Morgan fingerprint density at radius 2 is 2.27 bits per heavy atom. The molecule has 79 valence electrons. The first-order chi connectivity index (χ1) is 7.10. The Bertz CT molecular complexity index is 390. The summed E-state index contributed by atoms with van der Waals surface area (Å²) >= 11 is 1.55. The molecule has 0 aromatic heterocycles. The summed E-state index contributed by atoms with van der Waals surface area (Å²) in [5.41, 5.74) is 0.949. The highest BCUT2D eigenvalue weighted by molar-refractivity contribution is 7.98. The van der Waals surface area contributed by atoms with Gasteiger partial charge in [-0.3, -0.25) is 10.1 Å². The number of rotatable bonds is 4. The minimum atomic E-state index is -0.399. The highest BCUT2D eigenvalue weighted by Crippen LogP contribution is 2.30. The van der Waals surface area contributed by atoms with Crippen molar-refractivity contribution in [1.29, 1.82) is 0 Å². The predicted octanol–water partition coefficient (Wildman–Crippen LogP) is 3.42. The lowest BCUT2D eigenvalue weighted by molar-refractivity contribution is -0.385. The summed E-state index contributed by atoms with van der Waals surface area (Å²) in [4.78, 5) is 11.2. The molecule has 15 heavy (non-hydrogen) atoms. The van der Waals surface area contributed by atoms with Crippen LogP contribution < -0.4 is 0 Å². The molecule has 1 unspecified atom stereocenters. The summed E-state index contributed by atoms with van der Waals surface area (Å²) in [5, 5.41) is 10.6. The Morgan fingerprint density at radius 3 is 2.73 bits per heavy atom. The van der Waals surface area contributed by atoms with Crippen LogP contribution in [0.3, 0.4) is 0 Å². The molecule has 0 aliphatic heterocycles. The molecule has 0 amide bonds. The summed E-state index contributed by atoms with van der Waals surface area (Å²) in [7, 11) is 0. The number of nitrogens with zero attached hydrogens (tertiary/aromatic N) is 1. The zero-order valence-corrected chi connectivity index (χ0v) is 9.29. The van der Waals surface area contributed by atoms with Crippen molar-refractivity contribution in [3.05, 3.63) is 53.5 Å². The Morgan fingerprint density at radius 1 is 1.60 bits per heavy atom. The number of allylic oxidation sites excluding steroid dienone is 1. The Labute approximate surface area is 93.3 Å². The van der Waals surface area contributed by atoms with Gasteiger partial charge in [0.1, 0.15) is 0 Å². The molecular weight excluding hydrogens is 210 g/mol. The zero-order chi connectivity index (χ0) is 11.4. The number of thioether (sulfide) groups is 1. The van der Waals surface area contributed by atoms with Gasteiger partial charge >= 0.3 is 0 Å². The minimum absolute atomic E-state index is 0.0956. The van der Waals surface area contributed by atoms with Crippen LogP contribution in [0.5, 0.6) is 0 Å². The molecule has 1 aromatic carbocycles. The molecule has 0 N–H and O–H groups in total. The van der Waals surface area contributed by atoms with E-state index in [2.05, 4.69) is 13.5 Å². The van der Waals surface area contributed by atoms with E-state index in [9.17, 15) is 10.1 Å². The van der Waals surface area contributed by atoms with Gasteiger partial charge in [0.05, 0.1) is 4.92 Å². The van der Waals surface area contributed by atoms with E-state index >= 15 is 0 Å². The van der Waals surface area contributed by atoms with Crippen molar-refractivity contribution in [3.8, 4) is 0 Å². The number of nitro benzene ring substituents is 1. The second kappa shape index (κ2) is 4.98. The third kappa shape index (κ3) is 2.59. The third-order valence-electron chi connectivity index (χ3n) is 2.11. The molecule has 1 atom stereocenters. The number of benzene rings is 1. The van der Waals surface area contributed by atoms with Crippen LogP contribution >= 0.6 is 11.8 Å². The van der Waals surface area contributed by atoms with Gasteiger partial charge < -0.3 is 0 Å². The number of nitro groups is 1. The van der Waals surface area contributed by atoms with Gasteiger partial charge in [-0.2, -0.15) is 0 Å². The molecule has 0 saturated carbocycles. The van der Waals surface area contributed by atoms with Gasteiger partial charge in [0, 0.05) is 22.9 Å².